The van der Waals surface area contributed by atoms with Gasteiger partial charge in [-0.1, -0.05) is 30.3 Å². The highest BCUT2D eigenvalue weighted by Crippen LogP contribution is 2.34. The fraction of sp³-hybridized carbons (Fsp3) is 0.214. The van der Waals surface area contributed by atoms with E-state index in [-0.39, 0.29) is 12.4 Å². The molecule has 0 unspecified atom stereocenters. The van der Waals surface area contributed by atoms with Crippen LogP contribution in [0.2, 0.25) is 0 Å². The molecular weight excluding hydrogens is 248 g/mol. The molecular formula is C14H12O3S. The van der Waals surface area contributed by atoms with Gasteiger partial charge >= 0.3 is 0 Å². The predicted octanol–water partition coefficient (Wildman–Crippen LogP) is 2.16. The summed E-state index contributed by atoms with van der Waals surface area (Å²) in [5, 5.41) is 1.43. The first kappa shape index (κ1) is 11.4. The Balaban J connectivity index is 2.21. The number of hydrogen-bond donors (Lipinski definition) is 0. The standard InChI is InChI=1S/C14H12O3S/c1-18(16)12-8-17-14-10-5-3-2-4-9(10)6-7-11(14)13(12)15/h2-7,12H,8H2,1H3/t12-,18+/m1/s1. The van der Waals surface area contributed by atoms with Crippen molar-refractivity contribution in [1.29, 1.82) is 0 Å². The summed E-state index contributed by atoms with van der Waals surface area (Å²) < 4.78 is 17.2. The quantitative estimate of drug-likeness (QED) is 0.789. The molecule has 2 aromatic rings. The Bertz CT molecular complexity index is 663. The third kappa shape index (κ3) is 1.64. The highest BCUT2D eigenvalue weighted by molar-refractivity contribution is 7.85. The van der Waals surface area contributed by atoms with Gasteiger partial charge in [-0.25, -0.2) is 0 Å². The van der Waals surface area contributed by atoms with Crippen LogP contribution in [0.15, 0.2) is 36.4 Å². The van der Waals surface area contributed by atoms with Crippen molar-refractivity contribution in [2.45, 2.75) is 5.25 Å². The predicted molar refractivity (Wildman–Crippen MR) is 71.6 cm³/mol. The lowest BCUT2D eigenvalue weighted by atomic mass is 9.99. The van der Waals surface area contributed by atoms with Crippen LogP contribution < -0.4 is 4.74 Å². The molecule has 18 heavy (non-hydrogen) atoms. The molecule has 1 aliphatic heterocycles. The molecule has 3 rings (SSSR count). The van der Waals surface area contributed by atoms with Crippen molar-refractivity contribution in [3.8, 4) is 5.75 Å². The molecule has 0 fully saturated rings. The van der Waals surface area contributed by atoms with Gasteiger partial charge in [-0.3, -0.25) is 9.00 Å². The normalized spacial score (nSPS) is 20.3. The third-order valence-corrected chi connectivity index (χ3v) is 4.37. The van der Waals surface area contributed by atoms with Crippen molar-refractivity contribution < 1.29 is 13.7 Å². The van der Waals surface area contributed by atoms with Crippen LogP contribution in [-0.4, -0.2) is 28.1 Å². The van der Waals surface area contributed by atoms with Crippen LogP contribution in [0.1, 0.15) is 10.4 Å². The summed E-state index contributed by atoms with van der Waals surface area (Å²) >= 11 is 0. The van der Waals surface area contributed by atoms with Crippen LogP contribution in [0.4, 0.5) is 0 Å². The Morgan fingerprint density at radius 3 is 2.78 bits per heavy atom. The number of ketones is 1. The van der Waals surface area contributed by atoms with Gasteiger partial charge in [0.15, 0.2) is 5.78 Å². The van der Waals surface area contributed by atoms with Crippen molar-refractivity contribution in [1.82, 2.24) is 0 Å². The molecule has 2 atom stereocenters. The van der Waals surface area contributed by atoms with Gasteiger partial charge in [0.05, 0.1) is 5.56 Å². The van der Waals surface area contributed by atoms with Gasteiger partial charge in [0.2, 0.25) is 0 Å². The minimum absolute atomic E-state index is 0.0807. The van der Waals surface area contributed by atoms with Crippen LogP contribution in [0.3, 0.4) is 0 Å². The Hall–Kier alpha value is -1.68. The number of fused-ring (bicyclic) bond motifs is 3. The fourth-order valence-corrected chi connectivity index (χ4v) is 2.94. The van der Waals surface area contributed by atoms with E-state index in [0.717, 1.165) is 10.8 Å². The largest absolute Gasteiger partial charge is 0.490 e. The van der Waals surface area contributed by atoms with E-state index in [4.69, 9.17) is 4.74 Å². The number of hydrogen-bond acceptors (Lipinski definition) is 3. The lowest BCUT2D eigenvalue weighted by molar-refractivity contribution is 0.0942. The zero-order chi connectivity index (χ0) is 12.7. The monoisotopic (exact) mass is 260 g/mol. The van der Waals surface area contributed by atoms with Crippen LogP contribution in [0.25, 0.3) is 10.8 Å². The molecule has 4 heteroatoms. The summed E-state index contributed by atoms with van der Waals surface area (Å²) in [7, 11) is -1.20. The lowest BCUT2D eigenvalue weighted by Gasteiger charge is -2.23. The number of benzene rings is 2. The zero-order valence-electron chi connectivity index (χ0n) is 9.88. The van der Waals surface area contributed by atoms with Crippen LogP contribution in [0.5, 0.6) is 5.75 Å². The molecule has 0 aliphatic carbocycles. The smallest absolute Gasteiger partial charge is 0.185 e. The highest BCUT2D eigenvalue weighted by Gasteiger charge is 2.32. The number of ether oxygens (including phenoxy) is 1. The van der Waals surface area contributed by atoms with Gasteiger partial charge in [0, 0.05) is 22.4 Å². The maximum absolute atomic E-state index is 12.2. The van der Waals surface area contributed by atoms with Crippen molar-refractivity contribution in [3.05, 3.63) is 42.0 Å². The van der Waals surface area contributed by atoms with E-state index in [1.165, 1.54) is 6.26 Å². The van der Waals surface area contributed by atoms with Crippen molar-refractivity contribution >= 4 is 27.4 Å². The first-order valence-corrected chi connectivity index (χ1v) is 7.31. The summed E-state index contributed by atoms with van der Waals surface area (Å²) in [6.45, 7) is 0.197. The van der Waals surface area contributed by atoms with Crippen LogP contribution >= 0.6 is 0 Å². The van der Waals surface area contributed by atoms with Gasteiger partial charge in [-0.05, 0) is 11.5 Å². The summed E-state index contributed by atoms with van der Waals surface area (Å²) in [5.41, 5.74) is 0.542. The van der Waals surface area contributed by atoms with E-state index in [0.29, 0.717) is 11.3 Å². The van der Waals surface area contributed by atoms with Gasteiger partial charge < -0.3 is 4.74 Å². The molecule has 0 bridgehead atoms. The minimum Gasteiger partial charge on any atom is -0.490 e. The first-order valence-electron chi connectivity index (χ1n) is 5.69. The maximum Gasteiger partial charge on any atom is 0.185 e. The minimum atomic E-state index is -1.20. The summed E-state index contributed by atoms with van der Waals surface area (Å²) in [6.07, 6.45) is 1.54. The first-order chi connectivity index (χ1) is 8.68. The molecule has 0 N–H and O–H groups in total. The van der Waals surface area contributed by atoms with E-state index in [1.807, 2.05) is 30.3 Å². The molecule has 0 saturated carbocycles. The summed E-state index contributed by atoms with van der Waals surface area (Å²) in [4.78, 5) is 12.2. The van der Waals surface area contributed by atoms with Crippen molar-refractivity contribution in [2.24, 2.45) is 0 Å². The summed E-state index contributed by atoms with van der Waals surface area (Å²) in [5.74, 6) is 0.544. The number of carbonyl (C=O) groups excluding carboxylic acids is 1. The second-order valence-electron chi connectivity index (χ2n) is 4.33. The average Bonchev–Trinajstić information content (AvgIpc) is 2.38. The summed E-state index contributed by atoms with van der Waals surface area (Å²) in [6, 6.07) is 11.4. The third-order valence-electron chi connectivity index (χ3n) is 3.22. The number of Topliss-reactive ketones (excluding diaryl/α,β-unsaturated/α-hetero) is 1. The lowest BCUT2D eigenvalue weighted by Crippen LogP contribution is -2.36. The van der Waals surface area contributed by atoms with E-state index in [1.54, 1.807) is 6.07 Å². The van der Waals surface area contributed by atoms with E-state index in [9.17, 15) is 9.00 Å². The van der Waals surface area contributed by atoms with E-state index < -0.39 is 16.0 Å². The second kappa shape index (κ2) is 4.21. The van der Waals surface area contributed by atoms with E-state index in [2.05, 4.69) is 0 Å². The fourth-order valence-electron chi connectivity index (χ4n) is 2.25. The Morgan fingerprint density at radius 1 is 1.22 bits per heavy atom. The van der Waals surface area contributed by atoms with Crippen LogP contribution in [-0.2, 0) is 10.8 Å². The number of rotatable bonds is 1. The molecule has 1 heterocycles. The maximum atomic E-state index is 12.2. The van der Waals surface area contributed by atoms with Crippen molar-refractivity contribution in [3.63, 3.8) is 0 Å². The Morgan fingerprint density at radius 2 is 2.00 bits per heavy atom. The topological polar surface area (TPSA) is 43.4 Å². The van der Waals surface area contributed by atoms with Gasteiger partial charge in [0.25, 0.3) is 0 Å². The molecule has 2 aromatic carbocycles. The molecule has 0 amide bonds. The molecule has 92 valence electrons. The average molecular weight is 260 g/mol. The highest BCUT2D eigenvalue weighted by atomic mass is 32.2. The second-order valence-corrected chi connectivity index (χ2v) is 5.89. The molecule has 0 radical (unpaired) electrons. The van der Waals surface area contributed by atoms with Gasteiger partial charge in [0.1, 0.15) is 17.6 Å². The molecule has 0 spiro atoms. The Labute approximate surface area is 107 Å². The molecule has 0 saturated heterocycles. The zero-order valence-corrected chi connectivity index (χ0v) is 10.7. The van der Waals surface area contributed by atoms with Gasteiger partial charge in [-0.2, -0.15) is 0 Å². The molecule has 1 aliphatic rings. The van der Waals surface area contributed by atoms with Gasteiger partial charge in [-0.15, -0.1) is 0 Å². The number of carbonyl (C=O) groups is 1. The SMILES string of the molecule is C[S@](=O)[C@@H]1COc2c(ccc3ccccc23)C1=O. The van der Waals surface area contributed by atoms with Crippen LogP contribution in [0, 0.1) is 0 Å². The molecule has 0 aromatic heterocycles. The van der Waals surface area contributed by atoms with Crippen molar-refractivity contribution in [2.75, 3.05) is 12.9 Å². The Kier molecular flexibility index (Phi) is 2.67. The van der Waals surface area contributed by atoms with E-state index >= 15 is 0 Å². The molecule has 3 nitrogen and oxygen atoms in total.